The first kappa shape index (κ1) is 30.8. The summed E-state index contributed by atoms with van der Waals surface area (Å²) in [6, 6.07) is 15.4. The lowest BCUT2D eigenvalue weighted by Crippen LogP contribution is -2.46. The molecular formula is C35H38F4N2O2. The van der Waals surface area contributed by atoms with Gasteiger partial charge >= 0.3 is 6.18 Å². The molecular weight excluding hydrogens is 556 g/mol. The molecule has 1 saturated heterocycles. The van der Waals surface area contributed by atoms with E-state index >= 15 is 0 Å². The van der Waals surface area contributed by atoms with E-state index in [1.807, 2.05) is 24.3 Å². The molecule has 1 aliphatic carbocycles. The van der Waals surface area contributed by atoms with Crippen LogP contribution in [0.15, 0.2) is 60.7 Å². The van der Waals surface area contributed by atoms with Gasteiger partial charge in [-0.05, 0) is 85.9 Å². The third-order valence-electron chi connectivity index (χ3n) is 9.11. The molecule has 1 N–H and O–H groups in total. The largest absolute Gasteiger partial charge is 0.416 e. The van der Waals surface area contributed by atoms with Crippen molar-refractivity contribution in [1.82, 2.24) is 4.90 Å². The third-order valence-corrected chi connectivity index (χ3v) is 9.11. The maximum absolute atomic E-state index is 14.9. The summed E-state index contributed by atoms with van der Waals surface area (Å²) < 4.78 is 55.6. The molecule has 0 spiro atoms. The van der Waals surface area contributed by atoms with Crippen molar-refractivity contribution in [3.8, 4) is 0 Å². The molecule has 2 fully saturated rings. The second-order valence-electron chi connectivity index (χ2n) is 12.1. The molecule has 1 heterocycles. The zero-order valence-corrected chi connectivity index (χ0v) is 24.6. The fourth-order valence-corrected chi connectivity index (χ4v) is 6.75. The number of rotatable bonds is 7. The number of amides is 2. The van der Waals surface area contributed by atoms with Crippen LogP contribution in [0.1, 0.15) is 89.2 Å². The number of benzene rings is 3. The summed E-state index contributed by atoms with van der Waals surface area (Å²) >= 11 is 0. The zero-order valence-electron chi connectivity index (χ0n) is 24.6. The molecule has 4 nitrogen and oxygen atoms in total. The van der Waals surface area contributed by atoms with E-state index in [1.165, 1.54) is 56.4 Å². The summed E-state index contributed by atoms with van der Waals surface area (Å²) in [5, 5.41) is 2.69. The monoisotopic (exact) mass is 594 g/mol. The number of alkyl halides is 3. The number of hydrogen-bond donors (Lipinski definition) is 1. The van der Waals surface area contributed by atoms with Gasteiger partial charge in [0.05, 0.1) is 23.1 Å². The van der Waals surface area contributed by atoms with E-state index in [2.05, 4.69) is 5.32 Å². The zero-order chi connectivity index (χ0) is 30.7. The summed E-state index contributed by atoms with van der Waals surface area (Å²) in [6.45, 7) is 3.37. The van der Waals surface area contributed by atoms with Gasteiger partial charge in [-0.3, -0.25) is 9.59 Å². The average molecular weight is 595 g/mol. The number of carbonyl (C=O) groups excluding carboxylic acids is 2. The Morgan fingerprint density at radius 1 is 0.907 bits per heavy atom. The van der Waals surface area contributed by atoms with Crippen LogP contribution >= 0.6 is 0 Å². The van der Waals surface area contributed by atoms with Crippen molar-refractivity contribution in [3.63, 3.8) is 0 Å². The van der Waals surface area contributed by atoms with Crippen LogP contribution in [0.2, 0.25) is 0 Å². The van der Waals surface area contributed by atoms with E-state index in [0.29, 0.717) is 24.9 Å². The number of nitrogens with one attached hydrogen (secondary N) is 1. The minimum atomic E-state index is -4.56. The Morgan fingerprint density at radius 3 is 2.30 bits per heavy atom. The Labute approximate surface area is 250 Å². The molecule has 0 unspecified atom stereocenters. The highest BCUT2D eigenvalue weighted by molar-refractivity contribution is 5.98. The second kappa shape index (κ2) is 12.9. The molecule has 0 bridgehead atoms. The Hall–Kier alpha value is -3.68. The van der Waals surface area contributed by atoms with Gasteiger partial charge in [-0.15, -0.1) is 0 Å². The molecule has 228 valence electrons. The van der Waals surface area contributed by atoms with Crippen molar-refractivity contribution in [3.05, 3.63) is 99.9 Å². The van der Waals surface area contributed by atoms with Gasteiger partial charge in [-0.25, -0.2) is 4.39 Å². The first-order valence-electron chi connectivity index (χ1n) is 15.2. The van der Waals surface area contributed by atoms with Gasteiger partial charge < -0.3 is 10.2 Å². The van der Waals surface area contributed by atoms with E-state index in [9.17, 15) is 27.2 Å². The van der Waals surface area contributed by atoms with Gasteiger partial charge in [0.1, 0.15) is 5.82 Å². The van der Waals surface area contributed by atoms with E-state index < -0.39 is 41.3 Å². The number of halogens is 4. The molecule has 1 aliphatic heterocycles. The van der Waals surface area contributed by atoms with Crippen LogP contribution in [0.25, 0.3) is 0 Å². The van der Waals surface area contributed by atoms with Crippen molar-refractivity contribution in [2.45, 2.75) is 77.4 Å². The molecule has 3 aromatic carbocycles. The lowest BCUT2D eigenvalue weighted by Gasteiger charge is -2.41. The number of hydrogen-bond acceptors (Lipinski definition) is 2. The first-order valence-corrected chi connectivity index (χ1v) is 15.2. The number of aryl methyl sites for hydroxylation is 3. The number of likely N-dealkylation sites (tertiary alicyclic amines) is 1. The van der Waals surface area contributed by atoms with Gasteiger partial charge in [-0.2, -0.15) is 13.2 Å². The molecule has 3 aromatic rings. The Balaban J connectivity index is 1.45. The summed E-state index contributed by atoms with van der Waals surface area (Å²) in [7, 11) is 0. The molecule has 2 atom stereocenters. The van der Waals surface area contributed by atoms with Crippen LogP contribution in [0, 0.1) is 31.5 Å². The molecule has 1 saturated carbocycles. The molecule has 0 aromatic heterocycles. The highest BCUT2D eigenvalue weighted by Gasteiger charge is 2.41. The molecule has 43 heavy (non-hydrogen) atoms. The SMILES string of the molecule is Cc1ccc(NC(=O)[C@H]2CCCN(C(=O)c3c(C)cccc3F)[C@H]2c2ccc(CCC3CCCC3)cc2)cc1C(F)(F)F. The normalized spacial score (nSPS) is 19.4. The fraction of sp³-hybridized carbons (Fsp3) is 0.429. The van der Waals surface area contributed by atoms with Gasteiger partial charge in [0.2, 0.25) is 5.91 Å². The van der Waals surface area contributed by atoms with Gasteiger partial charge in [0.25, 0.3) is 5.91 Å². The molecule has 8 heteroatoms. The Morgan fingerprint density at radius 2 is 1.63 bits per heavy atom. The quantitative estimate of drug-likeness (QED) is 0.278. The van der Waals surface area contributed by atoms with E-state index in [-0.39, 0.29) is 16.8 Å². The summed E-state index contributed by atoms with van der Waals surface area (Å²) in [4.78, 5) is 29.2. The van der Waals surface area contributed by atoms with Gasteiger partial charge in [-0.1, -0.05) is 68.1 Å². The second-order valence-corrected chi connectivity index (χ2v) is 12.1. The average Bonchev–Trinajstić information content (AvgIpc) is 3.50. The van der Waals surface area contributed by atoms with Crippen LogP contribution in [0.3, 0.4) is 0 Å². The van der Waals surface area contributed by atoms with Crippen LogP contribution < -0.4 is 5.32 Å². The molecule has 0 radical (unpaired) electrons. The predicted molar refractivity (Wildman–Crippen MR) is 159 cm³/mol. The van der Waals surface area contributed by atoms with Gasteiger partial charge in [0, 0.05) is 12.2 Å². The predicted octanol–water partition coefficient (Wildman–Crippen LogP) is 8.82. The van der Waals surface area contributed by atoms with E-state index in [1.54, 1.807) is 24.0 Å². The minimum absolute atomic E-state index is 0.0323. The van der Waals surface area contributed by atoms with Crippen molar-refractivity contribution in [2.75, 3.05) is 11.9 Å². The maximum Gasteiger partial charge on any atom is 0.416 e. The van der Waals surface area contributed by atoms with Crippen LogP contribution in [0.5, 0.6) is 0 Å². The minimum Gasteiger partial charge on any atom is -0.331 e. The van der Waals surface area contributed by atoms with Crippen molar-refractivity contribution >= 4 is 17.5 Å². The van der Waals surface area contributed by atoms with Crippen LogP contribution in [-0.4, -0.2) is 23.3 Å². The first-order chi connectivity index (χ1) is 20.5. The highest BCUT2D eigenvalue weighted by Crippen LogP contribution is 2.40. The topological polar surface area (TPSA) is 49.4 Å². The van der Waals surface area contributed by atoms with Crippen LogP contribution in [-0.2, 0) is 17.4 Å². The molecule has 5 rings (SSSR count). The summed E-state index contributed by atoms with van der Waals surface area (Å²) in [5.74, 6) is -1.60. The fourth-order valence-electron chi connectivity index (χ4n) is 6.75. The number of piperidine rings is 1. The Bertz CT molecular complexity index is 1440. The number of carbonyl (C=O) groups is 2. The Kier molecular flexibility index (Phi) is 9.23. The summed E-state index contributed by atoms with van der Waals surface area (Å²) in [6.07, 6.45) is 3.57. The van der Waals surface area contributed by atoms with Crippen LogP contribution in [0.4, 0.5) is 23.2 Å². The smallest absolute Gasteiger partial charge is 0.331 e. The third kappa shape index (κ3) is 6.94. The highest BCUT2D eigenvalue weighted by atomic mass is 19.4. The molecule has 2 amide bonds. The van der Waals surface area contributed by atoms with E-state index in [4.69, 9.17) is 0 Å². The maximum atomic E-state index is 14.9. The van der Waals surface area contributed by atoms with Crippen molar-refractivity contribution in [2.24, 2.45) is 11.8 Å². The standard InChI is InChI=1S/C35H38F4N2O2/c1-22-12-19-27(21-29(22)35(37,38)39)40-33(42)28-10-6-20-41(34(43)31-23(2)7-5-11-30(31)36)32(28)26-17-15-25(16-18-26)14-13-24-8-3-4-9-24/h5,7,11-12,15-19,21,24,28,32H,3-4,6,8-10,13-14,20H2,1-2H3,(H,40,42)/t28-,32-/m0/s1. The lowest BCUT2D eigenvalue weighted by atomic mass is 9.82. The molecule has 2 aliphatic rings. The van der Waals surface area contributed by atoms with Gasteiger partial charge in [0.15, 0.2) is 0 Å². The van der Waals surface area contributed by atoms with E-state index in [0.717, 1.165) is 30.4 Å². The number of anilines is 1. The lowest BCUT2D eigenvalue weighted by molar-refractivity contribution is -0.138. The summed E-state index contributed by atoms with van der Waals surface area (Å²) in [5.41, 5.74) is 1.67. The van der Waals surface area contributed by atoms with Crippen molar-refractivity contribution < 1.29 is 27.2 Å². The van der Waals surface area contributed by atoms with Crippen molar-refractivity contribution in [1.29, 1.82) is 0 Å². The number of nitrogens with zero attached hydrogens (tertiary/aromatic N) is 1.